The first-order valence-corrected chi connectivity index (χ1v) is 6.57. The third kappa shape index (κ3) is 3.32. The number of hydrogen-bond donors (Lipinski definition) is 1. The second-order valence-corrected chi connectivity index (χ2v) is 4.99. The lowest BCUT2D eigenvalue weighted by Gasteiger charge is -2.14. The van der Waals surface area contributed by atoms with Gasteiger partial charge in [0.05, 0.1) is 7.11 Å². The van der Waals surface area contributed by atoms with Gasteiger partial charge in [-0.3, -0.25) is 0 Å². The van der Waals surface area contributed by atoms with Crippen molar-refractivity contribution in [3.8, 4) is 5.75 Å². The standard InChI is InChI=1S/C14H17NOS/c1-11(15-10-14-4-3-9-17-14)12-5-7-13(16-2)8-6-12/h3-9,11,15H,10H2,1-2H3/t11-/m0/s1. The predicted molar refractivity (Wildman–Crippen MR) is 72.6 cm³/mol. The van der Waals surface area contributed by atoms with Crippen LogP contribution in [0.1, 0.15) is 23.4 Å². The largest absolute Gasteiger partial charge is 0.497 e. The Morgan fingerprint density at radius 2 is 2.00 bits per heavy atom. The van der Waals surface area contributed by atoms with Crippen LogP contribution in [0, 0.1) is 0 Å². The molecule has 0 saturated heterocycles. The van der Waals surface area contributed by atoms with Crippen LogP contribution in [0.25, 0.3) is 0 Å². The molecule has 1 heterocycles. The third-order valence-corrected chi connectivity index (χ3v) is 3.65. The first kappa shape index (κ1) is 12.1. The van der Waals surface area contributed by atoms with Gasteiger partial charge in [-0.25, -0.2) is 0 Å². The van der Waals surface area contributed by atoms with Gasteiger partial charge in [-0.2, -0.15) is 0 Å². The van der Waals surface area contributed by atoms with Crippen LogP contribution in [0.5, 0.6) is 5.75 Å². The molecular formula is C14H17NOS. The van der Waals surface area contributed by atoms with Gasteiger partial charge in [0, 0.05) is 17.5 Å². The molecule has 0 saturated carbocycles. The van der Waals surface area contributed by atoms with Crippen molar-refractivity contribution in [1.29, 1.82) is 0 Å². The summed E-state index contributed by atoms with van der Waals surface area (Å²) in [6.45, 7) is 3.10. The van der Waals surface area contributed by atoms with Crippen molar-refractivity contribution in [2.75, 3.05) is 7.11 Å². The van der Waals surface area contributed by atoms with E-state index in [1.165, 1.54) is 10.4 Å². The molecule has 0 bridgehead atoms. The van der Waals surface area contributed by atoms with E-state index in [-0.39, 0.29) is 0 Å². The van der Waals surface area contributed by atoms with E-state index in [9.17, 15) is 0 Å². The topological polar surface area (TPSA) is 21.3 Å². The van der Waals surface area contributed by atoms with Gasteiger partial charge in [0.1, 0.15) is 5.75 Å². The summed E-state index contributed by atoms with van der Waals surface area (Å²) in [4.78, 5) is 1.37. The number of benzene rings is 1. The first-order chi connectivity index (χ1) is 8.29. The SMILES string of the molecule is COc1ccc([C@H](C)NCc2cccs2)cc1. The Labute approximate surface area is 106 Å². The fourth-order valence-corrected chi connectivity index (χ4v) is 2.33. The molecule has 0 aliphatic rings. The Hall–Kier alpha value is -1.32. The van der Waals surface area contributed by atoms with Crippen LogP contribution in [0.2, 0.25) is 0 Å². The molecule has 0 aliphatic carbocycles. The van der Waals surface area contributed by atoms with Gasteiger partial charge in [0.15, 0.2) is 0 Å². The van der Waals surface area contributed by atoms with Crippen LogP contribution >= 0.6 is 11.3 Å². The van der Waals surface area contributed by atoms with Gasteiger partial charge >= 0.3 is 0 Å². The molecule has 3 heteroatoms. The summed E-state index contributed by atoms with van der Waals surface area (Å²) in [7, 11) is 1.69. The van der Waals surface area contributed by atoms with Crippen molar-refractivity contribution in [2.24, 2.45) is 0 Å². The highest BCUT2D eigenvalue weighted by molar-refractivity contribution is 7.09. The highest BCUT2D eigenvalue weighted by Gasteiger charge is 2.05. The minimum absolute atomic E-state index is 0.350. The lowest BCUT2D eigenvalue weighted by molar-refractivity contribution is 0.414. The van der Waals surface area contributed by atoms with Crippen molar-refractivity contribution in [3.05, 3.63) is 52.2 Å². The minimum atomic E-state index is 0.350. The molecule has 1 aromatic carbocycles. The summed E-state index contributed by atoms with van der Waals surface area (Å²) in [5.41, 5.74) is 1.28. The third-order valence-electron chi connectivity index (χ3n) is 2.78. The number of ether oxygens (including phenoxy) is 1. The van der Waals surface area contributed by atoms with Crippen LogP contribution in [0.4, 0.5) is 0 Å². The zero-order valence-electron chi connectivity index (χ0n) is 10.1. The summed E-state index contributed by atoms with van der Waals surface area (Å²) in [5.74, 6) is 0.902. The highest BCUT2D eigenvalue weighted by atomic mass is 32.1. The average molecular weight is 247 g/mol. The Kier molecular flexibility index (Phi) is 4.18. The molecule has 0 aliphatic heterocycles. The maximum absolute atomic E-state index is 5.15. The van der Waals surface area contributed by atoms with Gasteiger partial charge in [0.25, 0.3) is 0 Å². The van der Waals surface area contributed by atoms with E-state index in [0.717, 1.165) is 12.3 Å². The highest BCUT2D eigenvalue weighted by Crippen LogP contribution is 2.18. The molecule has 2 nitrogen and oxygen atoms in total. The molecule has 1 N–H and O–H groups in total. The van der Waals surface area contributed by atoms with Gasteiger partial charge in [-0.1, -0.05) is 18.2 Å². The second-order valence-electron chi connectivity index (χ2n) is 3.96. The van der Waals surface area contributed by atoms with E-state index in [2.05, 4.69) is 41.9 Å². The van der Waals surface area contributed by atoms with Crippen LogP contribution in [0.3, 0.4) is 0 Å². The number of rotatable bonds is 5. The molecule has 1 aromatic heterocycles. The average Bonchev–Trinajstić information content (AvgIpc) is 2.89. The van der Waals surface area contributed by atoms with Crippen LogP contribution in [0.15, 0.2) is 41.8 Å². The Bertz CT molecular complexity index is 436. The van der Waals surface area contributed by atoms with Crippen LogP contribution in [-0.4, -0.2) is 7.11 Å². The molecule has 0 spiro atoms. The van der Waals surface area contributed by atoms with Gasteiger partial charge in [-0.15, -0.1) is 11.3 Å². The van der Waals surface area contributed by atoms with E-state index >= 15 is 0 Å². The number of hydrogen-bond acceptors (Lipinski definition) is 3. The monoisotopic (exact) mass is 247 g/mol. The zero-order valence-corrected chi connectivity index (χ0v) is 11.0. The maximum Gasteiger partial charge on any atom is 0.118 e. The summed E-state index contributed by atoms with van der Waals surface area (Å²) in [6.07, 6.45) is 0. The van der Waals surface area contributed by atoms with E-state index in [0.29, 0.717) is 6.04 Å². The first-order valence-electron chi connectivity index (χ1n) is 5.69. The van der Waals surface area contributed by atoms with E-state index < -0.39 is 0 Å². The number of nitrogens with one attached hydrogen (secondary N) is 1. The molecular weight excluding hydrogens is 230 g/mol. The lowest BCUT2D eigenvalue weighted by Crippen LogP contribution is -2.17. The Balaban J connectivity index is 1.92. The summed E-state index contributed by atoms with van der Waals surface area (Å²) >= 11 is 1.78. The maximum atomic E-state index is 5.15. The second kappa shape index (κ2) is 5.84. The predicted octanol–water partition coefficient (Wildman–Crippen LogP) is 3.61. The van der Waals surface area contributed by atoms with Crippen molar-refractivity contribution >= 4 is 11.3 Å². The molecule has 17 heavy (non-hydrogen) atoms. The van der Waals surface area contributed by atoms with Crippen molar-refractivity contribution in [2.45, 2.75) is 19.5 Å². The van der Waals surface area contributed by atoms with Crippen molar-refractivity contribution < 1.29 is 4.74 Å². The van der Waals surface area contributed by atoms with Crippen molar-refractivity contribution in [1.82, 2.24) is 5.32 Å². The summed E-state index contributed by atoms with van der Waals surface area (Å²) in [5, 5.41) is 5.61. The fourth-order valence-electron chi connectivity index (χ4n) is 1.68. The van der Waals surface area contributed by atoms with Crippen LogP contribution < -0.4 is 10.1 Å². The molecule has 2 aromatic rings. The smallest absolute Gasteiger partial charge is 0.118 e. The van der Waals surface area contributed by atoms with E-state index in [1.54, 1.807) is 18.4 Å². The summed E-state index contributed by atoms with van der Waals surface area (Å²) in [6, 6.07) is 12.8. The minimum Gasteiger partial charge on any atom is -0.497 e. The van der Waals surface area contributed by atoms with Crippen LogP contribution in [-0.2, 0) is 6.54 Å². The normalized spacial score (nSPS) is 12.4. The molecule has 90 valence electrons. The number of thiophene rings is 1. The fraction of sp³-hybridized carbons (Fsp3) is 0.286. The molecule has 2 rings (SSSR count). The van der Waals surface area contributed by atoms with E-state index in [4.69, 9.17) is 4.74 Å². The lowest BCUT2D eigenvalue weighted by atomic mass is 10.1. The van der Waals surface area contributed by atoms with Crippen molar-refractivity contribution in [3.63, 3.8) is 0 Å². The Morgan fingerprint density at radius 1 is 1.24 bits per heavy atom. The van der Waals surface area contributed by atoms with Gasteiger partial charge < -0.3 is 10.1 Å². The number of methoxy groups -OCH3 is 1. The molecule has 0 radical (unpaired) electrons. The molecule has 0 amide bonds. The summed E-state index contributed by atoms with van der Waals surface area (Å²) < 4.78 is 5.15. The molecule has 1 atom stereocenters. The van der Waals surface area contributed by atoms with Gasteiger partial charge in [-0.05, 0) is 36.1 Å². The van der Waals surface area contributed by atoms with E-state index in [1.807, 2.05) is 12.1 Å². The zero-order chi connectivity index (χ0) is 12.1. The quantitative estimate of drug-likeness (QED) is 0.871. The Morgan fingerprint density at radius 3 is 2.59 bits per heavy atom. The van der Waals surface area contributed by atoms with Gasteiger partial charge in [0.2, 0.25) is 0 Å². The molecule has 0 fully saturated rings. The molecule has 0 unspecified atom stereocenters.